The minimum absolute atomic E-state index is 0.0223. The largest absolute Gasteiger partial charge is 0.457 e. The first-order valence-electron chi connectivity index (χ1n) is 16.5. The highest BCUT2D eigenvalue weighted by Gasteiger charge is 2.50. The number of carbonyl (C=O) groups is 1. The summed E-state index contributed by atoms with van der Waals surface area (Å²) >= 11 is 0. The van der Waals surface area contributed by atoms with Crippen molar-refractivity contribution in [1.29, 1.82) is 0 Å². The van der Waals surface area contributed by atoms with Crippen LogP contribution in [0.15, 0.2) is 71.4 Å². The fourth-order valence-corrected chi connectivity index (χ4v) is 6.27. The fourth-order valence-electron chi connectivity index (χ4n) is 6.27. The summed E-state index contributed by atoms with van der Waals surface area (Å²) in [5.41, 5.74) is 3.21. The van der Waals surface area contributed by atoms with E-state index in [1.165, 1.54) is 0 Å². The van der Waals surface area contributed by atoms with E-state index in [9.17, 15) is 9.90 Å². The molecular weight excluding hydrogens is 630 g/mol. The van der Waals surface area contributed by atoms with Crippen LogP contribution in [0.3, 0.4) is 0 Å². The number of imidazole rings is 1. The van der Waals surface area contributed by atoms with Crippen molar-refractivity contribution >= 4 is 29.4 Å². The summed E-state index contributed by atoms with van der Waals surface area (Å²) in [6, 6.07) is 20.6. The van der Waals surface area contributed by atoms with E-state index in [2.05, 4.69) is 55.0 Å². The fraction of sp³-hybridized carbons (Fsp3) is 0.412. The van der Waals surface area contributed by atoms with Gasteiger partial charge in [-0.25, -0.2) is 4.98 Å². The van der Waals surface area contributed by atoms with Gasteiger partial charge in [0, 0.05) is 45.1 Å². The minimum atomic E-state index is -1.29. The van der Waals surface area contributed by atoms with Crippen LogP contribution in [0, 0.1) is 0 Å². The van der Waals surface area contributed by atoms with Gasteiger partial charge in [-0.2, -0.15) is 9.97 Å². The van der Waals surface area contributed by atoms with E-state index >= 15 is 0 Å². The van der Waals surface area contributed by atoms with Crippen LogP contribution in [-0.4, -0.2) is 104 Å². The van der Waals surface area contributed by atoms with Gasteiger partial charge in [0.2, 0.25) is 17.7 Å². The number of anilines is 2. The van der Waals surface area contributed by atoms with Gasteiger partial charge in [-0.15, -0.1) is 10.2 Å². The average Bonchev–Trinajstić information content (AvgIpc) is 3.88. The number of aliphatic hydroxyl groups excluding tert-OH is 1. The third kappa shape index (κ3) is 7.10. The smallest absolute Gasteiger partial charge is 0.293 e. The second-order valence-electron chi connectivity index (χ2n) is 11.9. The number of benzene rings is 2. The van der Waals surface area contributed by atoms with E-state index in [1.54, 1.807) is 10.9 Å². The van der Waals surface area contributed by atoms with E-state index in [-0.39, 0.29) is 18.3 Å². The summed E-state index contributed by atoms with van der Waals surface area (Å²) in [5, 5.41) is 26.2. The molecule has 2 aliphatic heterocycles. The molecule has 7 rings (SSSR count). The Morgan fingerprint density at radius 2 is 1.76 bits per heavy atom. The number of aliphatic hydroxyl groups is 1. The van der Waals surface area contributed by atoms with Crippen molar-refractivity contribution in [1.82, 2.24) is 34.6 Å². The lowest BCUT2D eigenvalue weighted by molar-refractivity contribution is -0.142. The molecule has 0 saturated carbocycles. The minimum Gasteiger partial charge on any atom is -0.457 e. The molecule has 2 fully saturated rings. The average molecular weight is 670 g/mol. The van der Waals surface area contributed by atoms with Crippen LogP contribution < -0.4 is 10.6 Å². The molecule has 5 aromatic rings. The molecule has 0 aliphatic carbocycles. The topological polar surface area (TPSA) is 175 Å². The van der Waals surface area contributed by atoms with Gasteiger partial charge < -0.3 is 34.4 Å². The van der Waals surface area contributed by atoms with Crippen molar-refractivity contribution < 1.29 is 28.5 Å². The Balaban J connectivity index is 1.22. The van der Waals surface area contributed by atoms with Gasteiger partial charge in [0.05, 0.1) is 19.5 Å². The van der Waals surface area contributed by atoms with Crippen LogP contribution in [0.5, 0.6) is 0 Å². The number of fused-ring (bicyclic) bond motifs is 1. The van der Waals surface area contributed by atoms with Crippen molar-refractivity contribution in [3.63, 3.8) is 0 Å². The molecule has 4 atom stereocenters. The Hall–Kier alpha value is -4.96. The van der Waals surface area contributed by atoms with E-state index in [0.717, 1.165) is 30.8 Å². The lowest BCUT2D eigenvalue weighted by Crippen LogP contribution is -2.39. The molecule has 5 heterocycles. The number of rotatable bonds is 14. The van der Waals surface area contributed by atoms with Crippen LogP contribution in [0.25, 0.3) is 11.2 Å². The molecule has 15 heteroatoms. The van der Waals surface area contributed by atoms with Crippen molar-refractivity contribution in [3.8, 4) is 0 Å². The number of nitrogens with zero attached hydrogens (tertiary/aromatic N) is 7. The third-order valence-electron chi connectivity index (χ3n) is 8.84. The van der Waals surface area contributed by atoms with Crippen LogP contribution in [0.2, 0.25) is 0 Å². The number of hydrogen-bond acceptors (Lipinski definition) is 14. The van der Waals surface area contributed by atoms with Crippen molar-refractivity contribution in [3.05, 3.63) is 89.9 Å². The first-order chi connectivity index (χ1) is 24.1. The molecule has 256 valence electrons. The quantitative estimate of drug-likeness (QED) is 0.147. The van der Waals surface area contributed by atoms with E-state index in [4.69, 9.17) is 28.6 Å². The van der Waals surface area contributed by atoms with Crippen LogP contribution >= 0.6 is 0 Å². The maximum absolute atomic E-state index is 11.6. The molecule has 2 aromatic carbocycles. The van der Waals surface area contributed by atoms with Gasteiger partial charge in [0.25, 0.3) is 6.47 Å². The molecule has 2 saturated heterocycles. The Kier molecular flexibility index (Phi) is 10.0. The molecular formula is C34H39N9O6. The maximum Gasteiger partial charge on any atom is 0.293 e. The first-order valence-corrected chi connectivity index (χ1v) is 16.5. The van der Waals surface area contributed by atoms with Gasteiger partial charge in [-0.1, -0.05) is 67.6 Å². The predicted molar refractivity (Wildman–Crippen MR) is 178 cm³/mol. The molecule has 0 bridgehead atoms. The molecule has 3 N–H and O–H groups in total. The van der Waals surface area contributed by atoms with E-state index in [0.29, 0.717) is 61.5 Å². The second-order valence-corrected chi connectivity index (χ2v) is 11.9. The van der Waals surface area contributed by atoms with Gasteiger partial charge in [-0.05, 0) is 11.1 Å². The highest BCUT2D eigenvalue weighted by Crippen LogP contribution is 2.41. The van der Waals surface area contributed by atoms with Crippen LogP contribution in [0.1, 0.15) is 48.1 Å². The number of aromatic nitrogens is 6. The summed E-state index contributed by atoms with van der Waals surface area (Å²) in [6.07, 6.45) is -2.38. The lowest BCUT2D eigenvalue weighted by atomic mass is 9.91. The predicted octanol–water partition coefficient (Wildman–Crippen LogP) is 2.93. The monoisotopic (exact) mass is 669 g/mol. The Labute approximate surface area is 282 Å². The SMILES string of the molecule is CCc1nnc([C@H]2O[C@@H](n3cnc4c(NCC(c5ccccc5)c5ccccc5)nc(NCCN5CCOCC5)nc43)[C@H](OC=O)[C@@H]2O)o1. The number of ether oxygens (including phenoxy) is 3. The third-order valence-corrected chi connectivity index (χ3v) is 8.84. The Bertz CT molecular complexity index is 1780. The van der Waals surface area contributed by atoms with Gasteiger partial charge in [-0.3, -0.25) is 14.3 Å². The van der Waals surface area contributed by atoms with Crippen molar-refractivity contribution in [2.24, 2.45) is 0 Å². The highest BCUT2D eigenvalue weighted by molar-refractivity contribution is 5.84. The number of morpholine rings is 1. The normalized spacial score (nSPS) is 21.3. The zero-order chi connectivity index (χ0) is 33.6. The maximum atomic E-state index is 11.6. The first kappa shape index (κ1) is 32.6. The highest BCUT2D eigenvalue weighted by atomic mass is 16.6. The summed E-state index contributed by atoms with van der Waals surface area (Å²) in [5.74, 6) is 1.41. The van der Waals surface area contributed by atoms with Crippen molar-refractivity contribution in [2.75, 3.05) is 56.6 Å². The van der Waals surface area contributed by atoms with Gasteiger partial charge in [0.1, 0.15) is 6.10 Å². The summed E-state index contributed by atoms with van der Waals surface area (Å²) in [6.45, 7) is 7.22. The molecule has 2 aliphatic rings. The summed E-state index contributed by atoms with van der Waals surface area (Å²) in [7, 11) is 0. The van der Waals surface area contributed by atoms with Gasteiger partial charge in [0.15, 0.2) is 35.4 Å². The summed E-state index contributed by atoms with van der Waals surface area (Å²) in [4.78, 5) is 28.3. The zero-order valence-corrected chi connectivity index (χ0v) is 27.1. The molecule has 0 radical (unpaired) electrons. The molecule has 0 unspecified atom stereocenters. The summed E-state index contributed by atoms with van der Waals surface area (Å²) < 4.78 is 24.4. The lowest BCUT2D eigenvalue weighted by Gasteiger charge is -2.26. The number of nitrogens with one attached hydrogen (secondary N) is 2. The Morgan fingerprint density at radius 1 is 1.02 bits per heavy atom. The Morgan fingerprint density at radius 3 is 2.43 bits per heavy atom. The molecule has 0 spiro atoms. The molecule has 15 nitrogen and oxygen atoms in total. The second kappa shape index (κ2) is 15.1. The molecule has 3 aromatic heterocycles. The van der Waals surface area contributed by atoms with Crippen LogP contribution in [0.4, 0.5) is 11.8 Å². The van der Waals surface area contributed by atoms with Gasteiger partial charge >= 0.3 is 0 Å². The van der Waals surface area contributed by atoms with Crippen LogP contribution in [-0.2, 0) is 25.4 Å². The number of aryl methyl sites for hydroxylation is 1. The molecule has 0 amide bonds. The molecule has 49 heavy (non-hydrogen) atoms. The van der Waals surface area contributed by atoms with Crippen molar-refractivity contribution in [2.45, 2.75) is 43.8 Å². The zero-order valence-electron chi connectivity index (χ0n) is 27.1. The standard InChI is InChI=1S/C34H39N9O6/c1-2-25-40-41-32(48-25)28-27(45)29(47-21-44)33(49-28)43-20-37-26-30(38-34(39-31(26)43)35-13-14-42-15-17-46-18-16-42)36-19-24(22-9-5-3-6-10-22)23-11-7-4-8-12-23/h3-12,20-21,24,27-29,33,45H,2,13-19H2,1H3,(H2,35,36,38,39)/t27-,28+,29-,33-/m1/s1. The van der Waals surface area contributed by atoms with E-state index in [1.807, 2.05) is 43.3 Å². The number of hydrogen-bond donors (Lipinski definition) is 3. The van der Waals surface area contributed by atoms with E-state index < -0.39 is 24.5 Å². The number of carbonyl (C=O) groups excluding carboxylic acids is 1.